The van der Waals surface area contributed by atoms with Gasteiger partial charge in [-0.3, -0.25) is 14.7 Å². The van der Waals surface area contributed by atoms with Crippen molar-refractivity contribution in [3.8, 4) is 11.3 Å². The Hall–Kier alpha value is -3.32. The van der Waals surface area contributed by atoms with Crippen LogP contribution in [0.25, 0.3) is 11.3 Å². The molecule has 246 valence electrons. The van der Waals surface area contributed by atoms with Crippen LogP contribution in [0.4, 0.5) is 11.4 Å². The molecule has 2 atom stereocenters. The lowest BCUT2D eigenvalue weighted by Crippen LogP contribution is -2.48. The maximum absolute atomic E-state index is 12.8. The summed E-state index contributed by atoms with van der Waals surface area (Å²) in [4.78, 5) is 32.4. The quantitative estimate of drug-likeness (QED) is 0.206. The van der Waals surface area contributed by atoms with Crippen molar-refractivity contribution in [2.75, 3.05) is 83.4 Å². The predicted molar refractivity (Wildman–Crippen MR) is 190 cm³/mol. The lowest BCUT2D eigenvalue weighted by Gasteiger charge is -2.38. The Bertz CT molecular complexity index is 1760. The molecule has 47 heavy (non-hydrogen) atoms. The zero-order valence-electron chi connectivity index (χ0n) is 27.2. The standard InChI is InChI=1S/C36H42N6O3S2/c1-24-7-9-28(37-22-24)35(30-23-41(13-18-45-30)12-11-40(2)3)38-25-8-10-31-33(19-25)46-32-6-4-5-27(36(32)47-31)29-20-26(21-34(43)39-29)42-14-16-44-17-15-42/h4-10,19-22,30,35,38H,11-18,23H2,1-3H3,(H,39,43). The molecule has 2 aromatic carbocycles. The van der Waals surface area contributed by atoms with Gasteiger partial charge < -0.3 is 29.6 Å². The molecular formula is C36H42N6O3S2. The molecule has 0 radical (unpaired) electrons. The van der Waals surface area contributed by atoms with Crippen LogP contribution in [0.2, 0.25) is 0 Å². The van der Waals surface area contributed by atoms with Gasteiger partial charge in [-0.05, 0) is 63.0 Å². The van der Waals surface area contributed by atoms with Crippen LogP contribution in [-0.4, -0.2) is 99.1 Å². The molecule has 7 rings (SSSR count). The molecule has 0 aliphatic carbocycles. The third kappa shape index (κ3) is 7.56. The molecule has 2 unspecified atom stereocenters. The fraction of sp³-hybridized carbons (Fsp3) is 0.389. The highest BCUT2D eigenvalue weighted by Gasteiger charge is 2.31. The van der Waals surface area contributed by atoms with Crippen molar-refractivity contribution in [3.05, 3.63) is 88.5 Å². The van der Waals surface area contributed by atoms with Crippen molar-refractivity contribution in [1.82, 2.24) is 19.8 Å². The third-order valence-electron chi connectivity index (χ3n) is 8.84. The molecule has 0 saturated carbocycles. The number of nitrogens with one attached hydrogen (secondary N) is 2. The molecule has 2 aromatic heterocycles. The number of hydrogen-bond donors (Lipinski definition) is 2. The second kappa shape index (κ2) is 14.4. The topological polar surface area (TPSA) is 86.0 Å². The molecule has 2 saturated heterocycles. The lowest BCUT2D eigenvalue weighted by molar-refractivity contribution is -0.0392. The number of morpholine rings is 2. The summed E-state index contributed by atoms with van der Waals surface area (Å²) in [7, 11) is 4.24. The minimum absolute atomic E-state index is 0.0298. The number of aryl methyl sites for hydroxylation is 1. The summed E-state index contributed by atoms with van der Waals surface area (Å²) in [5.74, 6) is 0. The fourth-order valence-electron chi connectivity index (χ4n) is 6.26. The first-order valence-corrected chi connectivity index (χ1v) is 17.9. The number of likely N-dealkylation sites (N-methyl/N-ethyl adjacent to an activating group) is 1. The number of pyridine rings is 2. The van der Waals surface area contributed by atoms with E-state index in [-0.39, 0.29) is 17.7 Å². The molecule has 4 aromatic rings. The average molecular weight is 671 g/mol. The molecule has 9 nitrogen and oxygen atoms in total. The van der Waals surface area contributed by atoms with E-state index in [1.807, 2.05) is 6.20 Å². The Labute approximate surface area is 285 Å². The van der Waals surface area contributed by atoms with Gasteiger partial charge in [0.2, 0.25) is 5.56 Å². The van der Waals surface area contributed by atoms with Gasteiger partial charge in [0, 0.05) is 88.1 Å². The van der Waals surface area contributed by atoms with Crippen LogP contribution >= 0.6 is 23.5 Å². The number of aromatic amines is 1. The van der Waals surface area contributed by atoms with Gasteiger partial charge in [-0.1, -0.05) is 41.7 Å². The summed E-state index contributed by atoms with van der Waals surface area (Å²) in [6.07, 6.45) is 1.91. The highest BCUT2D eigenvalue weighted by atomic mass is 32.2. The minimum atomic E-state index is -0.0912. The van der Waals surface area contributed by atoms with Gasteiger partial charge in [0.05, 0.1) is 43.4 Å². The maximum Gasteiger partial charge on any atom is 0.250 e. The Kier molecular flexibility index (Phi) is 9.90. The van der Waals surface area contributed by atoms with Crippen molar-refractivity contribution < 1.29 is 9.47 Å². The van der Waals surface area contributed by atoms with Gasteiger partial charge >= 0.3 is 0 Å². The molecule has 2 fully saturated rings. The van der Waals surface area contributed by atoms with E-state index in [1.54, 1.807) is 29.6 Å². The number of ether oxygens (including phenoxy) is 2. The number of rotatable bonds is 9. The average Bonchev–Trinajstić information content (AvgIpc) is 3.09. The Morgan fingerprint density at radius 2 is 1.87 bits per heavy atom. The SMILES string of the molecule is Cc1ccc(C(Nc2ccc3c(c2)Sc2cccc(-c4cc(N5CCOCC5)cc(=O)[nH]4)c2S3)C2CN(CCN(C)C)CCO2)nc1. The molecule has 0 amide bonds. The summed E-state index contributed by atoms with van der Waals surface area (Å²) in [6.45, 7) is 9.52. The third-order valence-corrected chi connectivity index (χ3v) is 11.4. The Balaban J connectivity index is 1.14. The van der Waals surface area contributed by atoms with Gasteiger partial charge in [-0.25, -0.2) is 0 Å². The van der Waals surface area contributed by atoms with Crippen molar-refractivity contribution in [1.29, 1.82) is 0 Å². The molecule has 0 bridgehead atoms. The normalized spacial score (nSPS) is 18.9. The van der Waals surface area contributed by atoms with E-state index >= 15 is 0 Å². The lowest BCUT2D eigenvalue weighted by atomic mass is 10.0. The summed E-state index contributed by atoms with van der Waals surface area (Å²) in [5.41, 5.74) is 5.89. The monoisotopic (exact) mass is 670 g/mol. The van der Waals surface area contributed by atoms with Crippen LogP contribution in [0, 0.1) is 6.92 Å². The molecule has 3 aliphatic heterocycles. The first-order valence-electron chi connectivity index (χ1n) is 16.3. The number of fused-ring (bicyclic) bond motifs is 2. The summed E-state index contributed by atoms with van der Waals surface area (Å²) >= 11 is 3.53. The predicted octanol–water partition coefficient (Wildman–Crippen LogP) is 5.61. The molecular weight excluding hydrogens is 629 g/mol. The van der Waals surface area contributed by atoms with Gasteiger partial charge in [0.1, 0.15) is 0 Å². The fourth-order valence-corrected chi connectivity index (χ4v) is 8.67. The largest absolute Gasteiger partial charge is 0.378 e. The number of hydrogen-bond acceptors (Lipinski definition) is 10. The minimum Gasteiger partial charge on any atom is -0.378 e. The number of nitrogens with zero attached hydrogens (tertiary/aromatic N) is 4. The van der Waals surface area contributed by atoms with Crippen LogP contribution in [-0.2, 0) is 9.47 Å². The van der Waals surface area contributed by atoms with Gasteiger partial charge in [-0.2, -0.15) is 0 Å². The van der Waals surface area contributed by atoms with E-state index in [1.165, 1.54) is 14.7 Å². The molecule has 5 heterocycles. The molecule has 2 N–H and O–H groups in total. The summed E-state index contributed by atoms with van der Waals surface area (Å²) < 4.78 is 11.9. The first-order chi connectivity index (χ1) is 22.9. The van der Waals surface area contributed by atoms with Crippen molar-refractivity contribution in [2.24, 2.45) is 0 Å². The molecule has 11 heteroatoms. The molecule has 0 spiro atoms. The van der Waals surface area contributed by atoms with Crippen molar-refractivity contribution in [3.63, 3.8) is 0 Å². The van der Waals surface area contributed by atoms with E-state index in [0.717, 1.165) is 78.1 Å². The zero-order valence-corrected chi connectivity index (χ0v) is 28.8. The van der Waals surface area contributed by atoms with Crippen LogP contribution in [0.15, 0.2) is 91.2 Å². The second-order valence-electron chi connectivity index (χ2n) is 12.6. The number of benzene rings is 2. The molecule has 3 aliphatic rings. The van der Waals surface area contributed by atoms with E-state index in [4.69, 9.17) is 14.5 Å². The van der Waals surface area contributed by atoms with Crippen LogP contribution in [0.1, 0.15) is 17.3 Å². The second-order valence-corrected chi connectivity index (χ2v) is 14.7. The number of aromatic nitrogens is 2. The summed E-state index contributed by atoms with van der Waals surface area (Å²) in [6, 6.07) is 20.9. The number of anilines is 2. The summed E-state index contributed by atoms with van der Waals surface area (Å²) in [5, 5.41) is 3.82. The zero-order chi connectivity index (χ0) is 32.3. The van der Waals surface area contributed by atoms with Crippen LogP contribution < -0.4 is 15.8 Å². The maximum atomic E-state index is 12.8. The van der Waals surface area contributed by atoms with Crippen LogP contribution in [0.5, 0.6) is 0 Å². The van der Waals surface area contributed by atoms with Crippen molar-refractivity contribution in [2.45, 2.75) is 38.7 Å². The van der Waals surface area contributed by atoms with E-state index in [9.17, 15) is 4.79 Å². The highest BCUT2D eigenvalue weighted by Crippen LogP contribution is 2.52. The number of H-pyrrole nitrogens is 1. The first kappa shape index (κ1) is 32.2. The van der Waals surface area contributed by atoms with E-state index in [0.29, 0.717) is 19.8 Å². The van der Waals surface area contributed by atoms with E-state index < -0.39 is 0 Å². The van der Waals surface area contributed by atoms with E-state index in [2.05, 4.69) is 101 Å². The van der Waals surface area contributed by atoms with Gasteiger partial charge in [0.25, 0.3) is 0 Å². The van der Waals surface area contributed by atoms with Crippen LogP contribution in [0.3, 0.4) is 0 Å². The Morgan fingerprint density at radius 3 is 2.68 bits per heavy atom. The Morgan fingerprint density at radius 1 is 1.00 bits per heavy atom. The van der Waals surface area contributed by atoms with Gasteiger partial charge in [-0.15, -0.1) is 0 Å². The van der Waals surface area contributed by atoms with Gasteiger partial charge in [0.15, 0.2) is 0 Å². The smallest absolute Gasteiger partial charge is 0.250 e. The highest BCUT2D eigenvalue weighted by molar-refractivity contribution is 8.05. The van der Waals surface area contributed by atoms with Crippen molar-refractivity contribution >= 4 is 34.9 Å².